The molecule has 0 saturated carbocycles. The van der Waals surface area contributed by atoms with Gasteiger partial charge in [-0.15, -0.1) is 0 Å². The molecule has 0 aliphatic carbocycles. The zero-order chi connectivity index (χ0) is 14.6. The number of hydrogen-bond acceptors (Lipinski definition) is 3. The minimum atomic E-state index is 0.0207. The van der Waals surface area contributed by atoms with Crippen molar-refractivity contribution < 1.29 is 4.79 Å². The zero-order valence-electron chi connectivity index (χ0n) is 12.7. The van der Waals surface area contributed by atoms with Crippen molar-refractivity contribution in [3.63, 3.8) is 0 Å². The van der Waals surface area contributed by atoms with Crippen molar-refractivity contribution in [2.45, 2.75) is 46.2 Å². The van der Waals surface area contributed by atoms with E-state index in [0.29, 0.717) is 0 Å². The molecule has 0 bridgehead atoms. The number of hydrogen-bond donors (Lipinski definition) is 2. The van der Waals surface area contributed by atoms with Gasteiger partial charge < -0.3 is 15.2 Å². The van der Waals surface area contributed by atoms with Gasteiger partial charge in [0.25, 0.3) is 0 Å². The van der Waals surface area contributed by atoms with Crippen molar-refractivity contribution in [1.82, 2.24) is 20.2 Å². The molecule has 0 radical (unpaired) electrons. The second-order valence-electron chi connectivity index (χ2n) is 6.71. The minimum Gasteiger partial charge on any atom is -0.351 e. The van der Waals surface area contributed by atoms with Crippen molar-refractivity contribution in [3.8, 4) is 0 Å². The Morgan fingerprint density at radius 3 is 2.70 bits per heavy atom. The average molecular weight is 278 g/mol. The fourth-order valence-corrected chi connectivity index (χ4v) is 2.52. The van der Waals surface area contributed by atoms with Crippen LogP contribution >= 0.6 is 0 Å². The quantitative estimate of drug-likeness (QED) is 0.875. The maximum absolute atomic E-state index is 12.4. The summed E-state index contributed by atoms with van der Waals surface area (Å²) in [5.74, 6) is 0.357. The van der Waals surface area contributed by atoms with Crippen LogP contribution in [0.15, 0.2) is 18.7 Å². The number of piperidine rings is 1. The van der Waals surface area contributed by atoms with E-state index in [-0.39, 0.29) is 23.3 Å². The number of nitrogens with one attached hydrogen (secondary N) is 2. The molecule has 1 aromatic heterocycles. The summed E-state index contributed by atoms with van der Waals surface area (Å²) >= 11 is 0. The van der Waals surface area contributed by atoms with E-state index in [9.17, 15) is 4.79 Å². The summed E-state index contributed by atoms with van der Waals surface area (Å²) < 4.78 is 2.03. The second kappa shape index (κ2) is 6.39. The third-order valence-corrected chi connectivity index (χ3v) is 4.02. The minimum absolute atomic E-state index is 0.0207. The van der Waals surface area contributed by atoms with Crippen LogP contribution in [0.2, 0.25) is 0 Å². The normalized spacial score (nSPS) is 18.8. The van der Waals surface area contributed by atoms with E-state index < -0.39 is 0 Å². The highest BCUT2D eigenvalue weighted by atomic mass is 16.2. The Balaban J connectivity index is 1.98. The van der Waals surface area contributed by atoms with Gasteiger partial charge in [0.1, 0.15) is 0 Å². The molecule has 112 valence electrons. The van der Waals surface area contributed by atoms with Crippen LogP contribution in [0.4, 0.5) is 0 Å². The number of imidazole rings is 1. The third kappa shape index (κ3) is 4.07. The van der Waals surface area contributed by atoms with Gasteiger partial charge in [0.15, 0.2) is 0 Å². The summed E-state index contributed by atoms with van der Waals surface area (Å²) in [5.41, 5.74) is 0.0207. The van der Waals surface area contributed by atoms with Crippen LogP contribution in [0.5, 0.6) is 0 Å². The highest BCUT2D eigenvalue weighted by Crippen LogP contribution is 2.22. The Morgan fingerprint density at radius 2 is 2.15 bits per heavy atom. The van der Waals surface area contributed by atoms with Gasteiger partial charge in [-0.05, 0) is 31.3 Å². The summed E-state index contributed by atoms with van der Waals surface area (Å²) in [4.78, 5) is 16.5. The van der Waals surface area contributed by atoms with Gasteiger partial charge in [-0.3, -0.25) is 4.79 Å². The van der Waals surface area contributed by atoms with Gasteiger partial charge in [-0.25, -0.2) is 4.98 Å². The SMILES string of the molecule is CC(C)(C)C(Cn1ccnc1)NC(=O)C1CCNCC1. The molecule has 1 saturated heterocycles. The molecule has 1 fully saturated rings. The Bertz CT molecular complexity index is 416. The van der Waals surface area contributed by atoms with E-state index in [1.807, 2.05) is 10.8 Å². The molecule has 0 aromatic carbocycles. The lowest BCUT2D eigenvalue weighted by Gasteiger charge is -2.33. The van der Waals surface area contributed by atoms with Gasteiger partial charge in [-0.1, -0.05) is 20.8 Å². The van der Waals surface area contributed by atoms with Crippen LogP contribution in [0.25, 0.3) is 0 Å². The van der Waals surface area contributed by atoms with Crippen LogP contribution < -0.4 is 10.6 Å². The predicted octanol–water partition coefficient (Wildman–Crippen LogP) is 1.41. The zero-order valence-corrected chi connectivity index (χ0v) is 12.7. The molecule has 20 heavy (non-hydrogen) atoms. The molecular formula is C15H26N4O. The van der Waals surface area contributed by atoms with Gasteiger partial charge in [0.05, 0.1) is 12.4 Å². The molecule has 5 nitrogen and oxygen atoms in total. The van der Waals surface area contributed by atoms with Crippen molar-refractivity contribution >= 4 is 5.91 Å². The van der Waals surface area contributed by atoms with E-state index in [2.05, 4.69) is 36.4 Å². The van der Waals surface area contributed by atoms with Crippen LogP contribution in [0, 0.1) is 11.3 Å². The van der Waals surface area contributed by atoms with Gasteiger partial charge in [0, 0.05) is 24.9 Å². The number of rotatable bonds is 4. The molecule has 1 unspecified atom stereocenters. The molecule has 2 rings (SSSR count). The monoisotopic (exact) mass is 278 g/mol. The number of nitrogens with zero attached hydrogens (tertiary/aromatic N) is 2. The van der Waals surface area contributed by atoms with Gasteiger partial charge in [0.2, 0.25) is 5.91 Å². The van der Waals surface area contributed by atoms with Crippen LogP contribution in [-0.4, -0.2) is 34.6 Å². The standard InChI is InChI=1S/C15H26N4O/c1-15(2,3)13(10-19-9-8-17-11-19)18-14(20)12-4-6-16-7-5-12/h8-9,11-13,16H,4-7,10H2,1-3H3,(H,18,20). The van der Waals surface area contributed by atoms with E-state index in [1.54, 1.807) is 12.5 Å². The first-order chi connectivity index (χ1) is 9.47. The number of carbonyl (C=O) groups excluding carboxylic acids is 1. The molecule has 0 spiro atoms. The van der Waals surface area contributed by atoms with Crippen LogP contribution in [0.3, 0.4) is 0 Å². The summed E-state index contributed by atoms with van der Waals surface area (Å²) in [6, 6.07) is 0.110. The highest BCUT2D eigenvalue weighted by Gasteiger charge is 2.29. The molecule has 1 atom stereocenters. The molecule has 1 aliphatic rings. The summed E-state index contributed by atoms with van der Waals surface area (Å²) in [5, 5.41) is 6.55. The number of aromatic nitrogens is 2. The first-order valence-corrected chi connectivity index (χ1v) is 7.43. The first kappa shape index (κ1) is 15.0. The maximum atomic E-state index is 12.4. The molecule has 1 amide bonds. The van der Waals surface area contributed by atoms with Crippen LogP contribution in [-0.2, 0) is 11.3 Å². The Hall–Kier alpha value is -1.36. The Kier molecular flexibility index (Phi) is 4.81. The molecule has 1 aliphatic heterocycles. The van der Waals surface area contributed by atoms with Crippen molar-refractivity contribution in [1.29, 1.82) is 0 Å². The number of amides is 1. The molecule has 1 aromatic rings. The fraction of sp³-hybridized carbons (Fsp3) is 0.733. The van der Waals surface area contributed by atoms with Crippen LogP contribution in [0.1, 0.15) is 33.6 Å². The third-order valence-electron chi connectivity index (χ3n) is 4.02. The van der Waals surface area contributed by atoms with Crippen molar-refractivity contribution in [2.75, 3.05) is 13.1 Å². The predicted molar refractivity (Wildman–Crippen MR) is 79.2 cm³/mol. The number of carbonyl (C=O) groups is 1. The maximum Gasteiger partial charge on any atom is 0.223 e. The smallest absolute Gasteiger partial charge is 0.223 e. The summed E-state index contributed by atoms with van der Waals surface area (Å²) in [7, 11) is 0. The Morgan fingerprint density at radius 1 is 1.45 bits per heavy atom. The molecule has 2 heterocycles. The van der Waals surface area contributed by atoms with Gasteiger partial charge >= 0.3 is 0 Å². The van der Waals surface area contributed by atoms with Crippen molar-refractivity contribution in [3.05, 3.63) is 18.7 Å². The van der Waals surface area contributed by atoms with E-state index in [1.165, 1.54) is 0 Å². The summed E-state index contributed by atoms with van der Waals surface area (Å²) in [6.07, 6.45) is 7.39. The first-order valence-electron chi connectivity index (χ1n) is 7.43. The molecule has 2 N–H and O–H groups in total. The molecular weight excluding hydrogens is 252 g/mol. The van der Waals surface area contributed by atoms with Gasteiger partial charge in [-0.2, -0.15) is 0 Å². The van der Waals surface area contributed by atoms with E-state index in [4.69, 9.17) is 0 Å². The topological polar surface area (TPSA) is 59.0 Å². The lowest BCUT2D eigenvalue weighted by Crippen LogP contribution is -2.49. The Labute approximate surface area is 121 Å². The summed E-state index contributed by atoms with van der Waals surface area (Å²) in [6.45, 7) is 9.14. The van der Waals surface area contributed by atoms with E-state index >= 15 is 0 Å². The largest absolute Gasteiger partial charge is 0.351 e. The highest BCUT2D eigenvalue weighted by molar-refractivity contribution is 5.79. The lowest BCUT2D eigenvalue weighted by molar-refractivity contribution is -0.127. The molecule has 5 heteroatoms. The lowest BCUT2D eigenvalue weighted by atomic mass is 9.85. The van der Waals surface area contributed by atoms with E-state index in [0.717, 1.165) is 32.5 Å². The fourth-order valence-electron chi connectivity index (χ4n) is 2.52. The van der Waals surface area contributed by atoms with Crippen molar-refractivity contribution in [2.24, 2.45) is 11.3 Å². The second-order valence-corrected chi connectivity index (χ2v) is 6.71. The average Bonchev–Trinajstić information content (AvgIpc) is 2.91.